The summed E-state index contributed by atoms with van der Waals surface area (Å²) in [4.78, 5) is 20.0. The average Bonchev–Trinajstić information content (AvgIpc) is 3.10. The Bertz CT molecular complexity index is 633. The number of carbonyl (C=O) groups excluding carboxylic acids is 1. The number of carbonyl (C=O) groups is 1. The van der Waals surface area contributed by atoms with Gasteiger partial charge in [0, 0.05) is 12.3 Å². The maximum absolute atomic E-state index is 13.0. The van der Waals surface area contributed by atoms with Gasteiger partial charge in [0.2, 0.25) is 0 Å². The number of aryl methyl sites for hydroxylation is 2. The SMILES string of the molecule is Cc1nc(C)c(C(=O)N(c2ccccc2)[C@H]2CCOC2)s1. The second-order valence-electron chi connectivity index (χ2n) is 5.18. The number of aromatic nitrogens is 1. The molecule has 0 saturated carbocycles. The first kappa shape index (κ1) is 14.2. The number of rotatable bonds is 3. The van der Waals surface area contributed by atoms with Gasteiger partial charge >= 0.3 is 0 Å². The molecule has 21 heavy (non-hydrogen) atoms. The van der Waals surface area contributed by atoms with Gasteiger partial charge < -0.3 is 9.64 Å². The zero-order chi connectivity index (χ0) is 14.8. The molecule has 1 saturated heterocycles. The fourth-order valence-electron chi connectivity index (χ4n) is 2.65. The first-order valence-electron chi connectivity index (χ1n) is 7.07. The summed E-state index contributed by atoms with van der Waals surface area (Å²) >= 11 is 1.46. The summed E-state index contributed by atoms with van der Waals surface area (Å²) < 4.78 is 5.47. The maximum Gasteiger partial charge on any atom is 0.270 e. The van der Waals surface area contributed by atoms with Gasteiger partial charge in [-0.05, 0) is 32.4 Å². The number of ether oxygens (including phenoxy) is 1. The molecule has 3 rings (SSSR count). The number of hydrogen-bond donors (Lipinski definition) is 0. The van der Waals surface area contributed by atoms with Crippen LogP contribution in [0.25, 0.3) is 0 Å². The highest BCUT2D eigenvalue weighted by atomic mass is 32.1. The molecule has 0 N–H and O–H groups in total. The zero-order valence-corrected chi connectivity index (χ0v) is 13.0. The van der Waals surface area contributed by atoms with Crippen LogP contribution in [0.5, 0.6) is 0 Å². The lowest BCUT2D eigenvalue weighted by Gasteiger charge is -2.27. The molecule has 0 radical (unpaired) electrons. The molecule has 1 aromatic heterocycles. The van der Waals surface area contributed by atoms with Gasteiger partial charge in [0.15, 0.2) is 0 Å². The van der Waals surface area contributed by atoms with E-state index in [0.717, 1.165) is 27.7 Å². The molecule has 1 aromatic carbocycles. The van der Waals surface area contributed by atoms with Crippen LogP contribution in [-0.4, -0.2) is 30.1 Å². The van der Waals surface area contributed by atoms with E-state index < -0.39 is 0 Å². The molecule has 1 amide bonds. The first-order valence-corrected chi connectivity index (χ1v) is 7.89. The average molecular weight is 302 g/mol. The predicted molar refractivity (Wildman–Crippen MR) is 84.1 cm³/mol. The number of anilines is 1. The second kappa shape index (κ2) is 5.95. The Morgan fingerprint density at radius 3 is 2.67 bits per heavy atom. The fourth-order valence-corrected chi connectivity index (χ4v) is 3.50. The van der Waals surface area contributed by atoms with E-state index in [1.807, 2.05) is 49.1 Å². The summed E-state index contributed by atoms with van der Waals surface area (Å²) in [6.07, 6.45) is 0.872. The molecular weight excluding hydrogens is 284 g/mol. The minimum atomic E-state index is 0.0276. The summed E-state index contributed by atoms with van der Waals surface area (Å²) in [7, 11) is 0. The van der Waals surface area contributed by atoms with Crippen LogP contribution in [0.2, 0.25) is 0 Å². The van der Waals surface area contributed by atoms with Gasteiger partial charge in [0.25, 0.3) is 5.91 Å². The molecule has 0 spiro atoms. The lowest BCUT2D eigenvalue weighted by molar-refractivity contribution is 0.0975. The van der Waals surface area contributed by atoms with Crippen LogP contribution in [0.3, 0.4) is 0 Å². The number of nitrogens with zero attached hydrogens (tertiary/aromatic N) is 2. The molecule has 1 atom stereocenters. The summed E-state index contributed by atoms with van der Waals surface area (Å²) in [5, 5.41) is 0.923. The van der Waals surface area contributed by atoms with Crippen molar-refractivity contribution in [2.75, 3.05) is 18.1 Å². The monoisotopic (exact) mass is 302 g/mol. The van der Waals surface area contributed by atoms with Gasteiger partial charge in [-0.25, -0.2) is 4.98 Å². The van der Waals surface area contributed by atoms with Crippen LogP contribution >= 0.6 is 11.3 Å². The van der Waals surface area contributed by atoms with Gasteiger partial charge in [-0.1, -0.05) is 18.2 Å². The Labute approximate surface area is 128 Å². The summed E-state index contributed by atoms with van der Waals surface area (Å²) in [6.45, 7) is 5.13. The van der Waals surface area contributed by atoms with Gasteiger partial charge in [0.1, 0.15) is 4.88 Å². The standard InChI is InChI=1S/C16H18N2O2S/c1-11-15(21-12(2)17-11)16(19)18(14-8-9-20-10-14)13-6-4-3-5-7-13/h3-7,14H,8-10H2,1-2H3/t14-/m0/s1. The van der Waals surface area contributed by atoms with Gasteiger partial charge in [0.05, 0.1) is 23.4 Å². The van der Waals surface area contributed by atoms with E-state index in [2.05, 4.69) is 4.98 Å². The third kappa shape index (κ3) is 2.84. The molecular formula is C16H18N2O2S. The minimum Gasteiger partial charge on any atom is -0.379 e. The molecule has 0 bridgehead atoms. The van der Waals surface area contributed by atoms with E-state index in [0.29, 0.717) is 13.2 Å². The largest absolute Gasteiger partial charge is 0.379 e. The summed E-state index contributed by atoms with van der Waals surface area (Å²) in [5.74, 6) is 0.0276. The molecule has 2 aromatic rings. The molecule has 1 aliphatic rings. The van der Waals surface area contributed by atoms with Crippen LogP contribution in [0.15, 0.2) is 30.3 Å². The Morgan fingerprint density at radius 1 is 1.33 bits per heavy atom. The van der Waals surface area contributed by atoms with Crippen LogP contribution in [-0.2, 0) is 4.74 Å². The Hall–Kier alpha value is -1.72. The van der Waals surface area contributed by atoms with E-state index in [9.17, 15) is 4.79 Å². The van der Waals surface area contributed by atoms with Crippen molar-refractivity contribution in [1.29, 1.82) is 0 Å². The van der Waals surface area contributed by atoms with Crippen LogP contribution in [0.4, 0.5) is 5.69 Å². The van der Waals surface area contributed by atoms with Crippen molar-refractivity contribution in [3.63, 3.8) is 0 Å². The molecule has 5 heteroatoms. The number of para-hydroxylation sites is 1. The molecule has 1 fully saturated rings. The number of thiazole rings is 1. The second-order valence-corrected chi connectivity index (χ2v) is 6.38. The van der Waals surface area contributed by atoms with Crippen molar-refractivity contribution < 1.29 is 9.53 Å². The van der Waals surface area contributed by atoms with Gasteiger partial charge in [-0.3, -0.25) is 4.79 Å². The van der Waals surface area contributed by atoms with E-state index in [-0.39, 0.29) is 11.9 Å². The lowest BCUT2D eigenvalue weighted by atomic mass is 10.1. The van der Waals surface area contributed by atoms with Crippen LogP contribution < -0.4 is 4.90 Å². The molecule has 4 nitrogen and oxygen atoms in total. The Morgan fingerprint density at radius 2 is 2.10 bits per heavy atom. The smallest absolute Gasteiger partial charge is 0.270 e. The number of amides is 1. The van der Waals surface area contributed by atoms with Crippen molar-refractivity contribution >= 4 is 22.9 Å². The van der Waals surface area contributed by atoms with Crippen molar-refractivity contribution in [3.8, 4) is 0 Å². The van der Waals surface area contributed by atoms with E-state index >= 15 is 0 Å². The van der Waals surface area contributed by atoms with Gasteiger partial charge in [-0.2, -0.15) is 0 Å². The third-order valence-corrected chi connectivity index (χ3v) is 4.68. The highest BCUT2D eigenvalue weighted by molar-refractivity contribution is 7.13. The normalized spacial score (nSPS) is 17.9. The zero-order valence-electron chi connectivity index (χ0n) is 12.2. The molecule has 2 heterocycles. The topological polar surface area (TPSA) is 42.4 Å². The summed E-state index contributed by atoms with van der Waals surface area (Å²) in [6, 6.07) is 9.91. The van der Waals surface area contributed by atoms with Crippen molar-refractivity contribution in [1.82, 2.24) is 4.98 Å². The Balaban J connectivity index is 1.99. The maximum atomic E-state index is 13.0. The number of hydrogen-bond acceptors (Lipinski definition) is 4. The van der Waals surface area contributed by atoms with Crippen molar-refractivity contribution in [2.45, 2.75) is 26.3 Å². The fraction of sp³-hybridized carbons (Fsp3) is 0.375. The quantitative estimate of drug-likeness (QED) is 0.874. The third-order valence-electron chi connectivity index (χ3n) is 3.62. The predicted octanol–water partition coefficient (Wildman–Crippen LogP) is 3.20. The van der Waals surface area contributed by atoms with Crippen LogP contribution in [0, 0.1) is 13.8 Å². The molecule has 0 unspecified atom stereocenters. The highest BCUT2D eigenvalue weighted by Gasteiger charge is 2.31. The van der Waals surface area contributed by atoms with E-state index in [4.69, 9.17) is 4.74 Å². The highest BCUT2D eigenvalue weighted by Crippen LogP contribution is 2.27. The molecule has 0 aliphatic carbocycles. The van der Waals surface area contributed by atoms with Gasteiger partial charge in [-0.15, -0.1) is 11.3 Å². The van der Waals surface area contributed by atoms with Crippen molar-refractivity contribution in [3.05, 3.63) is 45.9 Å². The number of benzene rings is 1. The Kier molecular flexibility index (Phi) is 4.03. The molecule has 110 valence electrons. The van der Waals surface area contributed by atoms with E-state index in [1.165, 1.54) is 11.3 Å². The van der Waals surface area contributed by atoms with E-state index in [1.54, 1.807) is 0 Å². The lowest BCUT2D eigenvalue weighted by Crippen LogP contribution is -2.40. The minimum absolute atomic E-state index is 0.0276. The first-order chi connectivity index (χ1) is 10.2. The van der Waals surface area contributed by atoms with Crippen LogP contribution in [0.1, 0.15) is 26.8 Å². The summed E-state index contributed by atoms with van der Waals surface area (Å²) in [5.41, 5.74) is 1.73. The molecule has 1 aliphatic heterocycles. The van der Waals surface area contributed by atoms with Crippen molar-refractivity contribution in [2.24, 2.45) is 0 Å².